The minimum atomic E-state index is 0.257. The normalized spacial score (nSPS) is 15.5. The van der Waals surface area contributed by atoms with Gasteiger partial charge < -0.3 is 0 Å². The van der Waals surface area contributed by atoms with Gasteiger partial charge in [-0.25, -0.2) is 0 Å². The molecule has 0 saturated heterocycles. The zero-order valence-corrected chi connectivity index (χ0v) is 10.8. The van der Waals surface area contributed by atoms with Crippen LogP contribution in [0, 0.1) is 11.8 Å². The van der Waals surface area contributed by atoms with E-state index in [1.54, 1.807) is 6.92 Å². The molecular formula is C14H26O. The zero-order valence-electron chi connectivity index (χ0n) is 10.8. The highest BCUT2D eigenvalue weighted by Gasteiger charge is 2.08. The van der Waals surface area contributed by atoms with Crippen LogP contribution in [0.25, 0.3) is 0 Å². The van der Waals surface area contributed by atoms with Crippen molar-refractivity contribution in [3.8, 4) is 0 Å². The fraction of sp³-hybridized carbons (Fsp3) is 0.786. The maximum absolute atomic E-state index is 11.0. The highest BCUT2D eigenvalue weighted by Crippen LogP contribution is 2.17. The molecule has 0 spiro atoms. The molecule has 88 valence electrons. The molecule has 2 unspecified atom stereocenters. The first-order chi connectivity index (χ1) is 7.07. The number of carbonyl (C=O) groups excluding carboxylic acids is 1. The summed E-state index contributed by atoms with van der Waals surface area (Å²) >= 11 is 0. The molecule has 0 rings (SSSR count). The third-order valence-electron chi connectivity index (χ3n) is 3.09. The summed E-state index contributed by atoms with van der Waals surface area (Å²) in [5, 5.41) is 0. The lowest BCUT2D eigenvalue weighted by molar-refractivity contribution is -0.120. The summed E-state index contributed by atoms with van der Waals surface area (Å²) in [5.74, 6) is 1.38. The second-order valence-corrected chi connectivity index (χ2v) is 4.69. The highest BCUT2D eigenvalue weighted by atomic mass is 16.1. The number of Topliss-reactive ketones (excluding diaryl/α,β-unsaturated/α-hetero) is 1. The second-order valence-electron chi connectivity index (χ2n) is 4.69. The van der Waals surface area contributed by atoms with Crippen LogP contribution in [0.2, 0.25) is 0 Å². The molecule has 0 aliphatic heterocycles. The zero-order chi connectivity index (χ0) is 11.7. The Bertz CT molecular complexity index is 194. The second kappa shape index (κ2) is 8.70. The van der Waals surface area contributed by atoms with Crippen LogP contribution in [0.3, 0.4) is 0 Å². The molecule has 1 heteroatoms. The van der Waals surface area contributed by atoms with Gasteiger partial charge in [-0.2, -0.15) is 0 Å². The summed E-state index contributed by atoms with van der Waals surface area (Å²) in [7, 11) is 0. The van der Waals surface area contributed by atoms with E-state index in [4.69, 9.17) is 0 Å². The van der Waals surface area contributed by atoms with E-state index in [2.05, 4.69) is 26.0 Å². The summed E-state index contributed by atoms with van der Waals surface area (Å²) in [6.07, 6.45) is 10.3. The number of hydrogen-bond donors (Lipinski definition) is 0. The summed E-state index contributed by atoms with van der Waals surface area (Å²) < 4.78 is 0. The van der Waals surface area contributed by atoms with Gasteiger partial charge in [0.25, 0.3) is 0 Å². The van der Waals surface area contributed by atoms with Gasteiger partial charge in [0.05, 0.1) is 0 Å². The predicted octanol–water partition coefficient (Wildman–Crippen LogP) is 4.37. The van der Waals surface area contributed by atoms with Gasteiger partial charge >= 0.3 is 0 Å². The largest absolute Gasteiger partial charge is 0.300 e. The molecule has 0 aliphatic carbocycles. The summed E-state index contributed by atoms with van der Waals surface area (Å²) in [4.78, 5) is 11.0. The Morgan fingerprint density at radius 1 is 1.20 bits per heavy atom. The van der Waals surface area contributed by atoms with Gasteiger partial charge in [-0.15, -0.1) is 0 Å². The Hall–Kier alpha value is -0.590. The molecule has 0 aromatic heterocycles. The quantitative estimate of drug-likeness (QED) is 0.543. The lowest BCUT2D eigenvalue weighted by Crippen LogP contribution is -2.06. The molecule has 0 heterocycles. The van der Waals surface area contributed by atoms with Crippen molar-refractivity contribution in [3.05, 3.63) is 12.2 Å². The summed E-state index contributed by atoms with van der Waals surface area (Å²) in [6.45, 7) is 8.11. The molecule has 2 atom stereocenters. The molecular weight excluding hydrogens is 184 g/mol. The van der Waals surface area contributed by atoms with Crippen molar-refractivity contribution < 1.29 is 4.79 Å². The van der Waals surface area contributed by atoms with Crippen LogP contribution in [0.15, 0.2) is 12.2 Å². The van der Waals surface area contributed by atoms with E-state index in [0.717, 1.165) is 12.3 Å². The van der Waals surface area contributed by atoms with E-state index in [1.165, 1.54) is 25.7 Å². The predicted molar refractivity (Wildman–Crippen MR) is 66.9 cm³/mol. The van der Waals surface area contributed by atoms with E-state index in [1.807, 2.05) is 6.92 Å². The van der Waals surface area contributed by atoms with E-state index in [9.17, 15) is 4.79 Å². The molecule has 15 heavy (non-hydrogen) atoms. The van der Waals surface area contributed by atoms with Crippen molar-refractivity contribution in [3.63, 3.8) is 0 Å². The molecule has 0 aliphatic rings. The van der Waals surface area contributed by atoms with E-state index < -0.39 is 0 Å². The van der Waals surface area contributed by atoms with Gasteiger partial charge in [0.2, 0.25) is 0 Å². The minimum absolute atomic E-state index is 0.257. The van der Waals surface area contributed by atoms with Crippen LogP contribution >= 0.6 is 0 Å². The van der Waals surface area contributed by atoms with Crippen molar-refractivity contribution in [2.45, 2.75) is 59.8 Å². The number of rotatable bonds is 8. The Kier molecular flexibility index (Phi) is 8.35. The van der Waals surface area contributed by atoms with Gasteiger partial charge in [-0.3, -0.25) is 4.79 Å². The Morgan fingerprint density at radius 2 is 1.87 bits per heavy atom. The third-order valence-corrected chi connectivity index (χ3v) is 3.09. The van der Waals surface area contributed by atoms with Gasteiger partial charge in [0, 0.05) is 5.92 Å². The van der Waals surface area contributed by atoms with Crippen LogP contribution in [0.1, 0.15) is 59.8 Å². The molecule has 0 aromatic rings. The topological polar surface area (TPSA) is 17.1 Å². The Morgan fingerprint density at radius 3 is 2.40 bits per heavy atom. The van der Waals surface area contributed by atoms with Crippen LogP contribution in [-0.2, 0) is 4.79 Å². The molecule has 0 amide bonds. The Balaban J connectivity index is 3.46. The van der Waals surface area contributed by atoms with E-state index in [0.29, 0.717) is 5.78 Å². The average Bonchev–Trinajstić information content (AvgIpc) is 2.18. The van der Waals surface area contributed by atoms with Crippen LogP contribution in [-0.4, -0.2) is 5.78 Å². The Labute approximate surface area is 95.0 Å². The van der Waals surface area contributed by atoms with Gasteiger partial charge in [-0.05, 0) is 39.0 Å². The fourth-order valence-corrected chi connectivity index (χ4v) is 1.67. The first-order valence-corrected chi connectivity index (χ1v) is 6.19. The molecule has 0 aromatic carbocycles. The summed E-state index contributed by atoms with van der Waals surface area (Å²) in [6, 6.07) is 0. The standard InChI is InChI=1S/C14H26O/c1-5-6-7-9-12(2)10-8-11-13(3)14(4)15/h5-6,12-13H,7-11H2,1-4H3/b6-5+. The first-order valence-electron chi connectivity index (χ1n) is 6.19. The smallest absolute Gasteiger partial charge is 0.132 e. The molecule has 0 fully saturated rings. The van der Waals surface area contributed by atoms with Crippen molar-refractivity contribution in [1.29, 1.82) is 0 Å². The van der Waals surface area contributed by atoms with Crippen molar-refractivity contribution in [2.24, 2.45) is 11.8 Å². The van der Waals surface area contributed by atoms with Gasteiger partial charge in [-0.1, -0.05) is 38.8 Å². The third kappa shape index (κ3) is 8.41. The van der Waals surface area contributed by atoms with E-state index in [-0.39, 0.29) is 5.92 Å². The maximum atomic E-state index is 11.0. The first kappa shape index (κ1) is 14.4. The van der Waals surface area contributed by atoms with Crippen molar-refractivity contribution in [2.75, 3.05) is 0 Å². The van der Waals surface area contributed by atoms with E-state index >= 15 is 0 Å². The number of carbonyl (C=O) groups is 1. The van der Waals surface area contributed by atoms with Crippen molar-refractivity contribution in [1.82, 2.24) is 0 Å². The molecule has 0 N–H and O–H groups in total. The fourth-order valence-electron chi connectivity index (χ4n) is 1.67. The SMILES string of the molecule is C/C=C/CCC(C)CCCC(C)C(C)=O. The van der Waals surface area contributed by atoms with Gasteiger partial charge in [0.15, 0.2) is 0 Å². The number of hydrogen-bond acceptors (Lipinski definition) is 1. The summed E-state index contributed by atoms with van der Waals surface area (Å²) in [5.41, 5.74) is 0. The number of ketones is 1. The molecule has 0 radical (unpaired) electrons. The average molecular weight is 210 g/mol. The lowest BCUT2D eigenvalue weighted by Gasteiger charge is -2.11. The number of allylic oxidation sites excluding steroid dienone is 2. The molecule has 1 nitrogen and oxygen atoms in total. The maximum Gasteiger partial charge on any atom is 0.132 e. The van der Waals surface area contributed by atoms with Crippen LogP contribution in [0.4, 0.5) is 0 Å². The highest BCUT2D eigenvalue weighted by molar-refractivity contribution is 5.77. The molecule has 0 saturated carbocycles. The van der Waals surface area contributed by atoms with Crippen LogP contribution in [0.5, 0.6) is 0 Å². The molecule has 0 bridgehead atoms. The van der Waals surface area contributed by atoms with Gasteiger partial charge in [0.1, 0.15) is 5.78 Å². The van der Waals surface area contributed by atoms with Crippen molar-refractivity contribution >= 4 is 5.78 Å². The minimum Gasteiger partial charge on any atom is -0.300 e. The monoisotopic (exact) mass is 210 g/mol. The van der Waals surface area contributed by atoms with Crippen LogP contribution < -0.4 is 0 Å². The lowest BCUT2D eigenvalue weighted by atomic mass is 9.94.